The number of aryl methyl sites for hydroxylation is 1. The maximum Gasteiger partial charge on any atom is 0.310 e. The molecule has 0 bridgehead atoms. The van der Waals surface area contributed by atoms with Crippen molar-refractivity contribution in [3.05, 3.63) is 48.0 Å². The topological polar surface area (TPSA) is 72.8 Å². The first-order valence-corrected chi connectivity index (χ1v) is 7.29. The molecule has 1 saturated carbocycles. The number of rotatable bonds is 4. The summed E-state index contributed by atoms with van der Waals surface area (Å²) in [5.41, 5.74) is 2.94. The van der Waals surface area contributed by atoms with Crippen LogP contribution in [0.3, 0.4) is 0 Å². The first-order valence-electron chi connectivity index (χ1n) is 7.29. The van der Waals surface area contributed by atoms with Crippen molar-refractivity contribution in [3.8, 4) is 0 Å². The molecule has 1 aliphatic carbocycles. The van der Waals surface area contributed by atoms with E-state index in [4.69, 9.17) is 4.74 Å². The minimum atomic E-state index is -0.158. The van der Waals surface area contributed by atoms with E-state index in [0.29, 0.717) is 5.82 Å². The average Bonchev–Trinajstić information content (AvgIpc) is 3.02. The van der Waals surface area contributed by atoms with Gasteiger partial charge in [-0.2, -0.15) is 5.10 Å². The van der Waals surface area contributed by atoms with Crippen LogP contribution in [0.2, 0.25) is 0 Å². The molecule has 112 valence electrons. The number of esters is 1. The summed E-state index contributed by atoms with van der Waals surface area (Å²) in [7, 11) is 1.88. The molecule has 0 spiro atoms. The molecule has 2 heterocycles. The predicted molar refractivity (Wildman–Crippen MR) is 79.9 cm³/mol. The number of hydrogen-bond donors (Lipinski definition) is 1. The summed E-state index contributed by atoms with van der Waals surface area (Å²) < 4.78 is 7.13. The van der Waals surface area contributed by atoms with Gasteiger partial charge < -0.3 is 9.72 Å². The molecule has 0 amide bonds. The SMILES string of the molecule is Cn1cc([C@H]2C[C@@H]2C(=O)OCc2nc3ccccc3[nH]2)cn1. The van der Waals surface area contributed by atoms with Crippen LogP contribution < -0.4 is 0 Å². The molecule has 0 saturated heterocycles. The number of hydrogen-bond acceptors (Lipinski definition) is 4. The van der Waals surface area contributed by atoms with Gasteiger partial charge in [0, 0.05) is 19.2 Å². The Morgan fingerprint density at radius 1 is 1.45 bits per heavy atom. The Bertz CT molecular complexity index is 802. The minimum absolute atomic E-state index is 0.0476. The Balaban J connectivity index is 1.37. The van der Waals surface area contributed by atoms with Gasteiger partial charge in [0.05, 0.1) is 23.1 Å². The number of benzene rings is 1. The van der Waals surface area contributed by atoms with Crippen LogP contribution in [-0.2, 0) is 23.2 Å². The van der Waals surface area contributed by atoms with Crippen molar-refractivity contribution < 1.29 is 9.53 Å². The van der Waals surface area contributed by atoms with Crippen molar-refractivity contribution in [1.29, 1.82) is 0 Å². The summed E-state index contributed by atoms with van der Waals surface area (Å²) >= 11 is 0. The lowest BCUT2D eigenvalue weighted by Crippen LogP contribution is -2.08. The van der Waals surface area contributed by atoms with Crippen LogP contribution >= 0.6 is 0 Å². The lowest BCUT2D eigenvalue weighted by Gasteiger charge is -2.01. The highest BCUT2D eigenvalue weighted by Gasteiger charge is 2.45. The van der Waals surface area contributed by atoms with Crippen molar-refractivity contribution in [3.63, 3.8) is 0 Å². The van der Waals surface area contributed by atoms with Gasteiger partial charge in [0.2, 0.25) is 0 Å². The summed E-state index contributed by atoms with van der Waals surface area (Å²) in [5.74, 6) is 0.716. The van der Waals surface area contributed by atoms with Crippen molar-refractivity contribution >= 4 is 17.0 Å². The van der Waals surface area contributed by atoms with E-state index in [2.05, 4.69) is 15.1 Å². The zero-order valence-corrected chi connectivity index (χ0v) is 12.2. The largest absolute Gasteiger partial charge is 0.457 e. The van der Waals surface area contributed by atoms with E-state index in [1.165, 1.54) is 0 Å². The second kappa shape index (κ2) is 4.98. The number of nitrogens with one attached hydrogen (secondary N) is 1. The number of fused-ring (bicyclic) bond motifs is 1. The number of imidazole rings is 1. The number of aromatic nitrogens is 4. The number of para-hydroxylation sites is 2. The smallest absolute Gasteiger partial charge is 0.310 e. The van der Waals surface area contributed by atoms with E-state index in [0.717, 1.165) is 23.0 Å². The molecule has 6 nitrogen and oxygen atoms in total. The summed E-state index contributed by atoms with van der Waals surface area (Å²) in [6, 6.07) is 7.75. The highest BCUT2D eigenvalue weighted by atomic mass is 16.5. The number of aromatic amines is 1. The number of ether oxygens (including phenoxy) is 1. The first-order chi connectivity index (χ1) is 10.7. The second-order valence-electron chi connectivity index (χ2n) is 5.70. The highest BCUT2D eigenvalue weighted by molar-refractivity contribution is 5.77. The molecule has 3 aromatic rings. The Hall–Kier alpha value is -2.63. The van der Waals surface area contributed by atoms with Gasteiger partial charge >= 0.3 is 5.97 Å². The average molecular weight is 296 g/mol. The van der Waals surface area contributed by atoms with E-state index < -0.39 is 0 Å². The number of H-pyrrole nitrogens is 1. The van der Waals surface area contributed by atoms with E-state index in [1.807, 2.05) is 43.7 Å². The molecule has 1 aromatic carbocycles. The predicted octanol–water partition coefficient (Wildman–Crippen LogP) is 2.14. The third kappa shape index (κ3) is 2.36. The van der Waals surface area contributed by atoms with Crippen molar-refractivity contribution in [1.82, 2.24) is 19.7 Å². The number of carbonyl (C=O) groups is 1. The molecule has 2 atom stereocenters. The third-order valence-electron chi connectivity index (χ3n) is 4.04. The molecule has 1 fully saturated rings. The van der Waals surface area contributed by atoms with Crippen molar-refractivity contribution in [2.45, 2.75) is 18.9 Å². The van der Waals surface area contributed by atoms with E-state index >= 15 is 0 Å². The van der Waals surface area contributed by atoms with Crippen LogP contribution in [0, 0.1) is 5.92 Å². The van der Waals surface area contributed by atoms with Crippen LogP contribution in [0.1, 0.15) is 23.7 Å². The summed E-state index contributed by atoms with van der Waals surface area (Å²) in [5, 5.41) is 4.14. The summed E-state index contributed by atoms with van der Waals surface area (Å²) in [4.78, 5) is 19.6. The third-order valence-corrected chi connectivity index (χ3v) is 4.04. The van der Waals surface area contributed by atoms with Crippen LogP contribution in [0.15, 0.2) is 36.7 Å². The first kappa shape index (κ1) is 13.1. The summed E-state index contributed by atoms with van der Waals surface area (Å²) in [6.45, 7) is 0.184. The zero-order valence-electron chi connectivity index (χ0n) is 12.2. The highest BCUT2D eigenvalue weighted by Crippen LogP contribution is 2.48. The van der Waals surface area contributed by atoms with Crippen molar-refractivity contribution in [2.24, 2.45) is 13.0 Å². The molecular formula is C16H16N4O2. The molecule has 1 aliphatic rings. The van der Waals surface area contributed by atoms with Crippen molar-refractivity contribution in [2.75, 3.05) is 0 Å². The fourth-order valence-electron chi connectivity index (χ4n) is 2.78. The normalized spacial score (nSPS) is 20.2. The molecule has 4 rings (SSSR count). The molecule has 0 radical (unpaired) electrons. The van der Waals surface area contributed by atoms with Gasteiger partial charge in [-0.1, -0.05) is 12.1 Å². The molecular weight excluding hydrogens is 280 g/mol. The zero-order chi connectivity index (χ0) is 15.1. The van der Waals surface area contributed by atoms with Gasteiger partial charge in [-0.05, 0) is 24.1 Å². The standard InChI is InChI=1S/C16H16N4O2/c1-20-8-10(7-17-20)11-6-12(11)16(21)22-9-15-18-13-4-2-3-5-14(13)19-15/h2-5,7-8,11-12H,6,9H2,1H3,(H,18,19)/t11-,12+/m1/s1. The van der Waals surface area contributed by atoms with E-state index in [-0.39, 0.29) is 24.4 Å². The number of carbonyl (C=O) groups excluding carboxylic acids is 1. The molecule has 1 N–H and O–H groups in total. The summed E-state index contributed by atoms with van der Waals surface area (Å²) in [6.07, 6.45) is 4.61. The lowest BCUT2D eigenvalue weighted by molar-refractivity contribution is -0.146. The van der Waals surface area contributed by atoms with E-state index in [9.17, 15) is 4.79 Å². The Morgan fingerprint density at radius 3 is 3.09 bits per heavy atom. The quantitative estimate of drug-likeness (QED) is 0.749. The van der Waals surface area contributed by atoms with Gasteiger partial charge in [0.15, 0.2) is 0 Å². The molecule has 0 aliphatic heterocycles. The van der Waals surface area contributed by atoms with Crippen LogP contribution in [-0.4, -0.2) is 25.7 Å². The Morgan fingerprint density at radius 2 is 2.32 bits per heavy atom. The molecule has 0 unspecified atom stereocenters. The minimum Gasteiger partial charge on any atom is -0.457 e. The number of nitrogens with zero attached hydrogens (tertiary/aromatic N) is 3. The van der Waals surface area contributed by atoms with E-state index in [1.54, 1.807) is 4.68 Å². The Kier molecular flexibility index (Phi) is 2.96. The van der Waals surface area contributed by atoms with Crippen LogP contribution in [0.4, 0.5) is 0 Å². The molecule has 22 heavy (non-hydrogen) atoms. The van der Waals surface area contributed by atoms with Gasteiger partial charge in [-0.3, -0.25) is 9.48 Å². The van der Waals surface area contributed by atoms with Crippen LogP contribution in [0.25, 0.3) is 11.0 Å². The maximum atomic E-state index is 12.1. The molecule has 2 aromatic heterocycles. The molecule has 6 heteroatoms. The van der Waals surface area contributed by atoms with Crippen LogP contribution in [0.5, 0.6) is 0 Å². The van der Waals surface area contributed by atoms with Gasteiger partial charge in [0.25, 0.3) is 0 Å². The fourth-order valence-corrected chi connectivity index (χ4v) is 2.78. The second-order valence-corrected chi connectivity index (χ2v) is 5.70. The lowest BCUT2D eigenvalue weighted by atomic mass is 10.2. The van der Waals surface area contributed by atoms with Gasteiger partial charge in [0.1, 0.15) is 12.4 Å². The Labute approximate surface area is 127 Å². The maximum absolute atomic E-state index is 12.1. The monoisotopic (exact) mass is 296 g/mol. The van der Waals surface area contributed by atoms with Gasteiger partial charge in [-0.15, -0.1) is 0 Å². The fraction of sp³-hybridized carbons (Fsp3) is 0.312. The van der Waals surface area contributed by atoms with Gasteiger partial charge in [-0.25, -0.2) is 4.98 Å².